The molecule has 0 aliphatic carbocycles. The molecule has 0 atom stereocenters. The molecule has 64 valence electrons. The first kappa shape index (κ1) is 9.73. The van der Waals surface area contributed by atoms with Gasteiger partial charge in [-0.2, -0.15) is 0 Å². The summed E-state index contributed by atoms with van der Waals surface area (Å²) in [4.78, 5) is 17.6. The van der Waals surface area contributed by atoms with E-state index < -0.39 is 16.9 Å². The van der Waals surface area contributed by atoms with E-state index in [1.807, 2.05) is 0 Å². The van der Waals surface area contributed by atoms with Crippen LogP contribution in [0.1, 0.15) is 6.92 Å². The van der Waals surface area contributed by atoms with Gasteiger partial charge in [-0.25, -0.2) is 4.79 Å². The second kappa shape index (κ2) is 3.22. The zero-order valence-corrected chi connectivity index (χ0v) is 5.54. The number of carbonyl (C=O) groups excluding carboxylic acids is 1. The number of hydrogen-bond donors (Lipinski definition) is 0. The molecular weight excluding hydrogens is 164 g/mol. The van der Waals surface area contributed by atoms with Crippen molar-refractivity contribution >= 4 is 5.97 Å². The number of esters is 1. The van der Waals surface area contributed by atoms with Gasteiger partial charge in [0.1, 0.15) is 4.92 Å². The standard InChI is InChI=1S/C4H5F2NO4/c1-2-11-3(8)4(5,6)7(9)10/h2H2,1H3. The summed E-state index contributed by atoms with van der Waals surface area (Å²) in [5, 5.41) is 9.49. The molecule has 5 nitrogen and oxygen atoms in total. The molecule has 0 aromatic heterocycles. The Balaban J connectivity index is 4.30. The first-order valence-electron chi connectivity index (χ1n) is 2.62. The highest BCUT2D eigenvalue weighted by atomic mass is 19.3. The highest BCUT2D eigenvalue weighted by Gasteiger charge is 2.55. The van der Waals surface area contributed by atoms with Gasteiger partial charge in [0, 0.05) is 0 Å². The largest absolute Gasteiger partial charge is 0.613 e. The minimum Gasteiger partial charge on any atom is -0.456 e. The molecule has 0 N–H and O–H groups in total. The molecule has 0 saturated carbocycles. The van der Waals surface area contributed by atoms with Crippen molar-refractivity contribution in [3.8, 4) is 0 Å². The maximum absolute atomic E-state index is 12.0. The monoisotopic (exact) mass is 169 g/mol. The predicted molar refractivity (Wildman–Crippen MR) is 28.6 cm³/mol. The number of alkyl halides is 2. The molecule has 0 fully saturated rings. The third kappa shape index (κ3) is 2.10. The SMILES string of the molecule is CCOC(=O)C(F)(F)[N+](=O)[O-]. The maximum Gasteiger partial charge on any atom is 0.613 e. The van der Waals surface area contributed by atoms with Gasteiger partial charge in [-0.3, -0.25) is 10.1 Å². The first-order chi connectivity index (χ1) is 4.92. The van der Waals surface area contributed by atoms with Gasteiger partial charge in [0.05, 0.1) is 6.61 Å². The smallest absolute Gasteiger partial charge is 0.456 e. The molecule has 0 bridgehead atoms. The van der Waals surface area contributed by atoms with Crippen LogP contribution in [0.15, 0.2) is 0 Å². The van der Waals surface area contributed by atoms with Crippen LogP contribution in [0, 0.1) is 10.1 Å². The van der Waals surface area contributed by atoms with E-state index in [0.717, 1.165) is 0 Å². The number of halogens is 2. The summed E-state index contributed by atoms with van der Waals surface area (Å²) in [5.74, 6) is -2.13. The number of carbonyl (C=O) groups is 1. The van der Waals surface area contributed by atoms with Crippen molar-refractivity contribution in [1.29, 1.82) is 0 Å². The molecule has 7 heteroatoms. The minimum absolute atomic E-state index is 0.317. The van der Waals surface area contributed by atoms with Crippen LogP contribution in [0.25, 0.3) is 0 Å². The molecule has 0 spiro atoms. The van der Waals surface area contributed by atoms with Crippen LogP contribution in [-0.2, 0) is 9.53 Å². The van der Waals surface area contributed by atoms with E-state index in [0.29, 0.717) is 0 Å². The van der Waals surface area contributed by atoms with Gasteiger partial charge in [-0.05, 0) is 6.92 Å². The summed E-state index contributed by atoms with van der Waals surface area (Å²) >= 11 is 0. The molecule has 0 aliphatic rings. The van der Waals surface area contributed by atoms with Gasteiger partial charge in [0.25, 0.3) is 0 Å². The Morgan fingerprint density at radius 3 is 2.45 bits per heavy atom. The van der Waals surface area contributed by atoms with Gasteiger partial charge in [0.15, 0.2) is 0 Å². The van der Waals surface area contributed by atoms with Crippen molar-refractivity contribution in [2.75, 3.05) is 6.61 Å². The van der Waals surface area contributed by atoms with E-state index in [1.165, 1.54) is 6.92 Å². The van der Waals surface area contributed by atoms with E-state index in [9.17, 15) is 23.7 Å². The Morgan fingerprint density at radius 2 is 2.18 bits per heavy atom. The summed E-state index contributed by atoms with van der Waals surface area (Å²) in [6.07, 6.45) is 0. The van der Waals surface area contributed by atoms with Crippen LogP contribution in [-0.4, -0.2) is 23.5 Å². The molecule has 0 saturated heterocycles. The summed E-state index contributed by atoms with van der Waals surface area (Å²) in [6.45, 7) is 0.955. The van der Waals surface area contributed by atoms with Crippen molar-refractivity contribution in [2.45, 2.75) is 13.0 Å². The van der Waals surface area contributed by atoms with E-state index in [-0.39, 0.29) is 6.61 Å². The second-order valence-corrected chi connectivity index (χ2v) is 1.52. The fourth-order valence-corrected chi connectivity index (χ4v) is 0.292. The molecule has 0 radical (unpaired) electrons. The highest BCUT2D eigenvalue weighted by Crippen LogP contribution is 2.15. The second-order valence-electron chi connectivity index (χ2n) is 1.52. The lowest BCUT2D eigenvalue weighted by molar-refractivity contribution is -0.625. The fourth-order valence-electron chi connectivity index (χ4n) is 0.292. The molecule has 0 aromatic rings. The maximum atomic E-state index is 12.0. The zero-order chi connectivity index (χ0) is 9.07. The van der Waals surface area contributed by atoms with E-state index in [1.54, 1.807) is 0 Å². The average molecular weight is 169 g/mol. The predicted octanol–water partition coefficient (Wildman–Crippen LogP) is 0.419. The van der Waals surface area contributed by atoms with Gasteiger partial charge >= 0.3 is 12.0 Å². The normalized spacial score (nSPS) is 10.8. The van der Waals surface area contributed by atoms with E-state index >= 15 is 0 Å². The Bertz CT molecular complexity index is 181. The van der Waals surface area contributed by atoms with Crippen LogP contribution in [0.5, 0.6) is 0 Å². The van der Waals surface area contributed by atoms with Gasteiger partial charge in [-0.15, -0.1) is 8.78 Å². The Labute approximate surface area is 60.1 Å². The number of rotatable bonds is 3. The number of hydrogen-bond acceptors (Lipinski definition) is 4. The molecule has 0 rings (SSSR count). The third-order valence-corrected chi connectivity index (χ3v) is 0.750. The van der Waals surface area contributed by atoms with Gasteiger partial charge in [-0.1, -0.05) is 0 Å². The quantitative estimate of drug-likeness (QED) is 0.265. The molecular formula is C4H5F2NO4. The third-order valence-electron chi connectivity index (χ3n) is 0.750. The lowest BCUT2D eigenvalue weighted by atomic mass is 10.6. The van der Waals surface area contributed by atoms with Crippen molar-refractivity contribution in [3.05, 3.63) is 10.1 Å². The summed E-state index contributed by atoms with van der Waals surface area (Å²) in [6, 6.07) is -4.63. The summed E-state index contributed by atoms with van der Waals surface area (Å²) in [7, 11) is 0. The number of nitro groups is 1. The molecule has 0 unspecified atom stereocenters. The molecule has 0 amide bonds. The van der Waals surface area contributed by atoms with Crippen molar-refractivity contribution in [3.63, 3.8) is 0 Å². The fraction of sp³-hybridized carbons (Fsp3) is 0.750. The van der Waals surface area contributed by atoms with Crippen molar-refractivity contribution in [1.82, 2.24) is 0 Å². The molecule has 0 aromatic carbocycles. The molecule has 11 heavy (non-hydrogen) atoms. The number of ether oxygens (including phenoxy) is 1. The van der Waals surface area contributed by atoms with E-state index in [4.69, 9.17) is 0 Å². The minimum atomic E-state index is -4.63. The summed E-state index contributed by atoms with van der Waals surface area (Å²) in [5.41, 5.74) is 0. The lowest BCUT2D eigenvalue weighted by Crippen LogP contribution is -2.38. The topological polar surface area (TPSA) is 69.4 Å². The Kier molecular flexibility index (Phi) is 2.85. The Morgan fingerprint density at radius 1 is 1.73 bits per heavy atom. The van der Waals surface area contributed by atoms with Crippen LogP contribution in [0.2, 0.25) is 0 Å². The average Bonchev–Trinajstić information content (AvgIpc) is 1.88. The van der Waals surface area contributed by atoms with Crippen LogP contribution in [0.4, 0.5) is 8.78 Å². The van der Waals surface area contributed by atoms with Gasteiger partial charge < -0.3 is 4.74 Å². The highest BCUT2D eigenvalue weighted by molar-refractivity contribution is 5.75. The lowest BCUT2D eigenvalue weighted by Gasteiger charge is -2.04. The summed E-state index contributed by atoms with van der Waals surface area (Å²) < 4.78 is 27.6. The molecule has 0 aliphatic heterocycles. The van der Waals surface area contributed by atoms with Crippen molar-refractivity contribution < 1.29 is 23.2 Å². The van der Waals surface area contributed by atoms with E-state index in [2.05, 4.69) is 4.74 Å². The van der Waals surface area contributed by atoms with Crippen LogP contribution in [0.3, 0.4) is 0 Å². The Hall–Kier alpha value is -1.27. The van der Waals surface area contributed by atoms with Crippen LogP contribution < -0.4 is 0 Å². The van der Waals surface area contributed by atoms with Crippen LogP contribution >= 0.6 is 0 Å². The zero-order valence-electron chi connectivity index (χ0n) is 5.54. The van der Waals surface area contributed by atoms with Gasteiger partial charge in [0.2, 0.25) is 0 Å². The van der Waals surface area contributed by atoms with Crippen molar-refractivity contribution in [2.24, 2.45) is 0 Å². The molecule has 0 heterocycles. The first-order valence-corrected chi connectivity index (χ1v) is 2.62. The number of nitrogens with zero attached hydrogens (tertiary/aromatic N) is 1.